The molecule has 0 aromatic heterocycles. The summed E-state index contributed by atoms with van der Waals surface area (Å²) in [5.74, 6) is -0.670. The topological polar surface area (TPSA) is 87.7 Å². The third kappa shape index (κ3) is 8.73. The molecule has 0 radical (unpaired) electrons. The van der Waals surface area contributed by atoms with Crippen LogP contribution in [0.3, 0.4) is 0 Å². The van der Waals surface area contributed by atoms with Gasteiger partial charge in [0.1, 0.15) is 17.7 Å². The smallest absolute Gasteiger partial charge is 0.408 e. The molecular weight excluding hydrogens is 406 g/mol. The van der Waals surface area contributed by atoms with Crippen LogP contribution in [0.2, 0.25) is 0 Å². The molecule has 3 amide bonds. The first-order valence-electron chi connectivity index (χ1n) is 11.2. The van der Waals surface area contributed by atoms with E-state index in [0.717, 1.165) is 18.4 Å². The summed E-state index contributed by atoms with van der Waals surface area (Å²) in [7, 11) is 0. The van der Waals surface area contributed by atoms with Crippen LogP contribution < -0.4 is 10.6 Å². The molecule has 3 unspecified atom stereocenters. The van der Waals surface area contributed by atoms with E-state index in [0.29, 0.717) is 5.56 Å². The van der Waals surface area contributed by atoms with Crippen LogP contribution in [0.4, 0.5) is 4.79 Å². The van der Waals surface area contributed by atoms with Gasteiger partial charge < -0.3 is 20.3 Å². The van der Waals surface area contributed by atoms with E-state index in [1.165, 1.54) is 4.90 Å². The summed E-state index contributed by atoms with van der Waals surface area (Å²) >= 11 is 0. The molecule has 0 fully saturated rings. The number of carbonyl (C=O) groups is 3. The van der Waals surface area contributed by atoms with E-state index in [-0.39, 0.29) is 18.5 Å². The lowest BCUT2D eigenvalue weighted by atomic mass is 10.0. The van der Waals surface area contributed by atoms with Gasteiger partial charge in [-0.2, -0.15) is 0 Å². The van der Waals surface area contributed by atoms with E-state index in [9.17, 15) is 14.4 Å². The molecule has 32 heavy (non-hydrogen) atoms. The van der Waals surface area contributed by atoms with Crippen molar-refractivity contribution < 1.29 is 19.1 Å². The first-order valence-corrected chi connectivity index (χ1v) is 11.2. The second-order valence-electron chi connectivity index (χ2n) is 9.16. The van der Waals surface area contributed by atoms with Gasteiger partial charge in [0, 0.05) is 12.6 Å². The van der Waals surface area contributed by atoms with Gasteiger partial charge in [0.05, 0.1) is 0 Å². The third-order valence-electron chi connectivity index (χ3n) is 4.74. The molecule has 0 aliphatic rings. The van der Waals surface area contributed by atoms with Crippen molar-refractivity contribution in [3.8, 4) is 0 Å². The van der Waals surface area contributed by atoms with Crippen LogP contribution >= 0.6 is 0 Å². The lowest BCUT2D eigenvalue weighted by molar-refractivity contribution is -0.141. The minimum absolute atomic E-state index is 0.0298. The molecule has 178 valence electrons. The maximum absolute atomic E-state index is 13.4. The van der Waals surface area contributed by atoms with Gasteiger partial charge in [-0.05, 0) is 53.5 Å². The van der Waals surface area contributed by atoms with Crippen LogP contribution in [0.1, 0.15) is 71.6 Å². The number of nitrogens with one attached hydrogen (secondary N) is 2. The number of carbonyl (C=O) groups excluding carboxylic acids is 3. The Morgan fingerprint density at radius 1 is 1.19 bits per heavy atom. The summed E-state index contributed by atoms with van der Waals surface area (Å²) < 4.78 is 5.27. The first-order chi connectivity index (χ1) is 14.9. The highest BCUT2D eigenvalue weighted by Gasteiger charge is 2.34. The summed E-state index contributed by atoms with van der Waals surface area (Å²) in [6.45, 7) is 16.7. The summed E-state index contributed by atoms with van der Waals surface area (Å²) in [4.78, 5) is 40.3. The molecule has 3 atom stereocenters. The van der Waals surface area contributed by atoms with Crippen LogP contribution in [0.15, 0.2) is 36.9 Å². The molecule has 1 aromatic rings. The van der Waals surface area contributed by atoms with E-state index < -0.39 is 29.7 Å². The number of nitrogens with zero attached hydrogens (tertiary/aromatic N) is 1. The van der Waals surface area contributed by atoms with Crippen molar-refractivity contribution in [2.75, 3.05) is 6.54 Å². The quantitative estimate of drug-likeness (QED) is 0.527. The Labute approximate surface area is 192 Å². The second kappa shape index (κ2) is 12.3. The van der Waals surface area contributed by atoms with E-state index in [1.54, 1.807) is 33.8 Å². The predicted octanol–water partition coefficient (Wildman–Crippen LogP) is 4.27. The van der Waals surface area contributed by atoms with Crippen molar-refractivity contribution in [3.05, 3.63) is 48.0 Å². The van der Waals surface area contributed by atoms with Crippen molar-refractivity contribution in [2.24, 2.45) is 0 Å². The van der Waals surface area contributed by atoms with Crippen molar-refractivity contribution in [2.45, 2.75) is 85.0 Å². The molecule has 1 aromatic carbocycles. The van der Waals surface area contributed by atoms with Gasteiger partial charge in [0.15, 0.2) is 0 Å². The van der Waals surface area contributed by atoms with Gasteiger partial charge in [-0.3, -0.25) is 9.59 Å². The van der Waals surface area contributed by atoms with Crippen molar-refractivity contribution in [1.82, 2.24) is 15.5 Å². The molecule has 0 aliphatic carbocycles. The Kier molecular flexibility index (Phi) is 10.4. The fourth-order valence-corrected chi connectivity index (χ4v) is 3.40. The number of benzene rings is 1. The molecule has 0 saturated carbocycles. The Balaban J connectivity index is 3.25. The number of amides is 3. The predicted molar refractivity (Wildman–Crippen MR) is 127 cm³/mol. The maximum atomic E-state index is 13.4. The summed E-state index contributed by atoms with van der Waals surface area (Å²) in [6.07, 6.45) is 2.65. The average Bonchev–Trinajstić information content (AvgIpc) is 2.65. The maximum Gasteiger partial charge on any atom is 0.408 e. The number of alkyl carbamates (subject to hydrolysis) is 1. The second-order valence-corrected chi connectivity index (χ2v) is 9.16. The van der Waals surface area contributed by atoms with Gasteiger partial charge in [0.2, 0.25) is 11.8 Å². The minimum Gasteiger partial charge on any atom is -0.444 e. The zero-order valence-corrected chi connectivity index (χ0v) is 20.5. The Morgan fingerprint density at radius 2 is 1.84 bits per heavy atom. The zero-order valence-electron chi connectivity index (χ0n) is 20.5. The number of ether oxygens (including phenoxy) is 1. The lowest BCUT2D eigenvalue weighted by Crippen LogP contribution is -2.52. The molecule has 1 rings (SSSR count). The molecule has 0 bridgehead atoms. The van der Waals surface area contributed by atoms with Gasteiger partial charge in [-0.1, -0.05) is 49.2 Å². The van der Waals surface area contributed by atoms with Crippen LogP contribution in [0.25, 0.3) is 0 Å². The van der Waals surface area contributed by atoms with Crippen LogP contribution in [0.5, 0.6) is 0 Å². The Bertz CT molecular complexity index is 801. The van der Waals surface area contributed by atoms with E-state index in [1.807, 2.05) is 38.1 Å². The van der Waals surface area contributed by atoms with Crippen LogP contribution in [0, 0.1) is 6.92 Å². The van der Waals surface area contributed by atoms with E-state index >= 15 is 0 Å². The van der Waals surface area contributed by atoms with Crippen molar-refractivity contribution in [1.29, 1.82) is 0 Å². The third-order valence-corrected chi connectivity index (χ3v) is 4.74. The molecule has 7 heteroatoms. The summed E-state index contributed by atoms with van der Waals surface area (Å²) in [6, 6.07) is 5.74. The average molecular weight is 446 g/mol. The van der Waals surface area contributed by atoms with Gasteiger partial charge in [0.25, 0.3) is 0 Å². The first kappa shape index (κ1) is 27.2. The Hall–Kier alpha value is -2.83. The number of hydrogen-bond donors (Lipinski definition) is 2. The fourth-order valence-electron chi connectivity index (χ4n) is 3.40. The molecule has 0 saturated heterocycles. The van der Waals surface area contributed by atoms with Gasteiger partial charge in [-0.15, -0.1) is 6.58 Å². The van der Waals surface area contributed by atoms with Gasteiger partial charge in [-0.25, -0.2) is 4.79 Å². The van der Waals surface area contributed by atoms with E-state index in [4.69, 9.17) is 4.74 Å². The molecule has 0 heterocycles. The lowest BCUT2D eigenvalue weighted by Gasteiger charge is -2.33. The Morgan fingerprint density at radius 3 is 2.38 bits per heavy atom. The summed E-state index contributed by atoms with van der Waals surface area (Å²) in [5.41, 5.74) is 0.992. The fraction of sp³-hybridized carbons (Fsp3) is 0.560. The van der Waals surface area contributed by atoms with Crippen LogP contribution in [-0.2, 0) is 14.3 Å². The zero-order chi connectivity index (χ0) is 24.5. The van der Waals surface area contributed by atoms with Gasteiger partial charge >= 0.3 is 6.09 Å². The summed E-state index contributed by atoms with van der Waals surface area (Å²) in [5, 5.41) is 5.60. The largest absolute Gasteiger partial charge is 0.444 e. The molecular formula is C25H39N3O4. The molecule has 2 N–H and O–H groups in total. The van der Waals surface area contributed by atoms with E-state index in [2.05, 4.69) is 24.1 Å². The minimum atomic E-state index is -0.891. The SMILES string of the molecule is C=CCN(C(=O)C(C)NC(=O)OC(C)(C)C)C(C(=O)NC(C)CCC)c1cccc(C)c1. The molecule has 0 spiro atoms. The molecule has 7 nitrogen and oxygen atoms in total. The van der Waals surface area contributed by atoms with Crippen molar-refractivity contribution >= 4 is 17.9 Å². The van der Waals surface area contributed by atoms with Crippen LogP contribution in [-0.4, -0.2) is 47.0 Å². The highest BCUT2D eigenvalue weighted by atomic mass is 16.6. The molecule has 0 aliphatic heterocycles. The van der Waals surface area contributed by atoms with Crippen molar-refractivity contribution in [3.63, 3.8) is 0 Å². The standard InChI is InChI=1S/C25H39N3O4/c1-9-12-18(4)26-22(29)21(20-14-11-13-17(3)16-20)28(15-10-2)23(30)19(5)27-24(31)32-25(6,7)8/h10-11,13-14,16,18-19,21H,2,9,12,15H2,1,3-8H3,(H,26,29)(H,27,31). The number of hydrogen-bond acceptors (Lipinski definition) is 4. The normalized spacial score (nSPS) is 14.0. The highest BCUT2D eigenvalue weighted by Crippen LogP contribution is 2.24. The monoisotopic (exact) mass is 445 g/mol. The highest BCUT2D eigenvalue weighted by molar-refractivity contribution is 5.92. The number of rotatable bonds is 10. The number of aryl methyl sites for hydroxylation is 1.